The number of amides is 1. The van der Waals surface area contributed by atoms with Gasteiger partial charge in [0.05, 0.1) is 17.5 Å². The molecule has 0 bridgehead atoms. The zero-order valence-electron chi connectivity index (χ0n) is 15.3. The lowest BCUT2D eigenvalue weighted by Crippen LogP contribution is -2.41. The molecule has 2 aliphatic heterocycles. The molecule has 1 saturated carbocycles. The number of anilines is 1. The molecule has 0 aromatic heterocycles. The van der Waals surface area contributed by atoms with Crippen molar-refractivity contribution in [2.75, 3.05) is 16.8 Å². The molecule has 0 spiro atoms. The first kappa shape index (κ1) is 18.8. The molecule has 4 rings (SSSR count). The fraction of sp³-hybridized carbons (Fsp3) is 0.579. The fourth-order valence-corrected chi connectivity index (χ4v) is 7.70. The second kappa shape index (κ2) is 7.47. The van der Waals surface area contributed by atoms with E-state index in [9.17, 15) is 13.2 Å². The number of carbonyl (C=O) groups is 1. The van der Waals surface area contributed by atoms with Crippen LogP contribution < -0.4 is 10.6 Å². The number of benzene rings is 1. The summed E-state index contributed by atoms with van der Waals surface area (Å²) in [6, 6.07) is 7.50. The van der Waals surface area contributed by atoms with Gasteiger partial charge in [-0.15, -0.1) is 0 Å². The van der Waals surface area contributed by atoms with Gasteiger partial charge in [0.1, 0.15) is 0 Å². The van der Waals surface area contributed by atoms with Crippen LogP contribution in [0, 0.1) is 5.92 Å². The number of thioether (sulfide) groups is 1. The summed E-state index contributed by atoms with van der Waals surface area (Å²) in [7, 11) is -2.93. The first-order valence-electron chi connectivity index (χ1n) is 9.52. The summed E-state index contributed by atoms with van der Waals surface area (Å²) in [5, 5.41) is 7.19. The van der Waals surface area contributed by atoms with Gasteiger partial charge in [-0.3, -0.25) is 9.79 Å². The lowest BCUT2D eigenvalue weighted by Gasteiger charge is -2.29. The number of fused-ring (bicyclic) bond motifs is 1. The second-order valence-corrected chi connectivity index (χ2v) is 11.2. The van der Waals surface area contributed by atoms with E-state index in [-0.39, 0.29) is 34.7 Å². The maximum Gasteiger partial charge on any atom is 0.251 e. The van der Waals surface area contributed by atoms with Gasteiger partial charge in [-0.25, -0.2) is 8.42 Å². The molecule has 1 amide bonds. The highest BCUT2D eigenvalue weighted by atomic mass is 32.2. The molecule has 27 heavy (non-hydrogen) atoms. The molecule has 146 valence electrons. The second-order valence-electron chi connectivity index (χ2n) is 7.78. The monoisotopic (exact) mass is 407 g/mol. The van der Waals surface area contributed by atoms with Gasteiger partial charge in [0.2, 0.25) is 0 Å². The van der Waals surface area contributed by atoms with E-state index in [4.69, 9.17) is 0 Å². The summed E-state index contributed by atoms with van der Waals surface area (Å²) < 4.78 is 23.3. The van der Waals surface area contributed by atoms with E-state index in [1.807, 2.05) is 24.3 Å². The van der Waals surface area contributed by atoms with E-state index in [1.165, 1.54) is 31.0 Å². The maximum atomic E-state index is 12.5. The van der Waals surface area contributed by atoms with Crippen LogP contribution in [0.1, 0.15) is 43.0 Å². The van der Waals surface area contributed by atoms with Crippen molar-refractivity contribution in [3.63, 3.8) is 0 Å². The molecule has 6 nitrogen and oxygen atoms in total. The van der Waals surface area contributed by atoms with Crippen LogP contribution in [0.5, 0.6) is 0 Å². The highest BCUT2D eigenvalue weighted by molar-refractivity contribution is 8.15. The fourth-order valence-electron chi connectivity index (χ4n) is 4.03. The summed E-state index contributed by atoms with van der Waals surface area (Å²) in [6.45, 7) is 2.21. The number of hydrogen-bond acceptors (Lipinski definition) is 6. The third-order valence-corrected chi connectivity index (χ3v) is 8.79. The Balaban J connectivity index is 1.35. The standard InChI is InChI=1S/C19H25N3O3S2/c1-12-4-2-3-5-15(12)21-18(23)13-6-8-14(9-7-13)20-19-22-16-10-27(24,25)11-17(16)26-19/h6-9,12,15-17H,2-5,10-11H2,1H3,(H,20,22)(H,21,23)/t12-,15+,16+,17+/m1/s1. The van der Waals surface area contributed by atoms with Crippen LogP contribution >= 0.6 is 11.8 Å². The van der Waals surface area contributed by atoms with Crippen molar-refractivity contribution in [2.45, 2.75) is 49.9 Å². The molecule has 2 fully saturated rings. The van der Waals surface area contributed by atoms with Crippen molar-refractivity contribution in [2.24, 2.45) is 10.9 Å². The summed E-state index contributed by atoms with van der Waals surface area (Å²) >= 11 is 1.49. The molecule has 1 aromatic rings. The Hall–Kier alpha value is -1.54. The minimum atomic E-state index is -2.93. The molecule has 2 heterocycles. The molecule has 0 radical (unpaired) electrons. The molecule has 4 atom stereocenters. The van der Waals surface area contributed by atoms with Crippen LogP contribution in [0.15, 0.2) is 29.3 Å². The Morgan fingerprint density at radius 2 is 1.89 bits per heavy atom. The van der Waals surface area contributed by atoms with Crippen LogP contribution in [-0.2, 0) is 9.84 Å². The SMILES string of the molecule is C[C@@H]1CCCC[C@@H]1NC(=O)c1ccc(NC2=N[C@H]3CS(=O)(=O)C[C@@H]3S2)cc1. The average molecular weight is 408 g/mol. The largest absolute Gasteiger partial charge is 0.349 e. The normalized spacial score (nSPS) is 31.8. The minimum Gasteiger partial charge on any atom is -0.349 e. The highest BCUT2D eigenvalue weighted by Gasteiger charge is 2.42. The first-order chi connectivity index (χ1) is 12.9. The number of amidine groups is 1. The van der Waals surface area contributed by atoms with Crippen LogP contribution in [-0.4, -0.2) is 48.3 Å². The number of nitrogens with one attached hydrogen (secondary N) is 2. The molecule has 8 heteroatoms. The zero-order valence-corrected chi connectivity index (χ0v) is 17.0. The van der Waals surface area contributed by atoms with Gasteiger partial charge in [0.25, 0.3) is 5.91 Å². The van der Waals surface area contributed by atoms with Crippen molar-refractivity contribution in [1.29, 1.82) is 0 Å². The van der Waals surface area contributed by atoms with E-state index >= 15 is 0 Å². The van der Waals surface area contributed by atoms with Crippen molar-refractivity contribution in [1.82, 2.24) is 5.32 Å². The first-order valence-corrected chi connectivity index (χ1v) is 12.2. The van der Waals surface area contributed by atoms with E-state index in [1.54, 1.807) is 0 Å². The average Bonchev–Trinajstić information content (AvgIpc) is 3.10. The zero-order chi connectivity index (χ0) is 19.0. The maximum absolute atomic E-state index is 12.5. The van der Waals surface area contributed by atoms with Crippen molar-refractivity contribution in [3.8, 4) is 0 Å². The Bertz CT molecular complexity index is 851. The smallest absolute Gasteiger partial charge is 0.251 e. The summed E-state index contributed by atoms with van der Waals surface area (Å²) in [5.74, 6) is 0.862. The molecule has 3 aliphatic rings. The number of hydrogen-bond donors (Lipinski definition) is 2. The quantitative estimate of drug-likeness (QED) is 0.804. The van der Waals surface area contributed by atoms with E-state index in [0.717, 1.165) is 17.3 Å². The molecule has 2 N–H and O–H groups in total. The van der Waals surface area contributed by atoms with Crippen molar-refractivity contribution in [3.05, 3.63) is 29.8 Å². The van der Waals surface area contributed by atoms with Crippen LogP contribution in [0.4, 0.5) is 5.69 Å². The Morgan fingerprint density at radius 3 is 2.59 bits per heavy atom. The predicted octanol–water partition coefficient (Wildman–Crippen LogP) is 2.68. The molecule has 0 unspecified atom stereocenters. The van der Waals surface area contributed by atoms with E-state index < -0.39 is 9.84 Å². The molecule has 1 aromatic carbocycles. The highest BCUT2D eigenvalue weighted by Crippen LogP contribution is 2.34. The number of sulfone groups is 1. The van der Waals surface area contributed by atoms with Gasteiger partial charge in [0, 0.05) is 22.5 Å². The van der Waals surface area contributed by atoms with Gasteiger partial charge in [0.15, 0.2) is 15.0 Å². The number of rotatable bonds is 3. The van der Waals surface area contributed by atoms with Crippen LogP contribution in [0.3, 0.4) is 0 Å². The minimum absolute atomic E-state index is 0.0207. The topological polar surface area (TPSA) is 87.6 Å². The van der Waals surface area contributed by atoms with Gasteiger partial charge >= 0.3 is 0 Å². The Labute approximate surface area is 164 Å². The van der Waals surface area contributed by atoms with Crippen LogP contribution in [0.2, 0.25) is 0 Å². The van der Waals surface area contributed by atoms with Crippen molar-refractivity contribution < 1.29 is 13.2 Å². The van der Waals surface area contributed by atoms with Crippen molar-refractivity contribution >= 4 is 38.4 Å². The molecule has 1 aliphatic carbocycles. The predicted molar refractivity (Wildman–Crippen MR) is 110 cm³/mol. The van der Waals surface area contributed by atoms with Gasteiger partial charge in [-0.2, -0.15) is 0 Å². The van der Waals surface area contributed by atoms with Crippen LogP contribution in [0.25, 0.3) is 0 Å². The molecular formula is C19H25N3O3S2. The lowest BCUT2D eigenvalue weighted by molar-refractivity contribution is 0.0910. The summed E-state index contributed by atoms with van der Waals surface area (Å²) in [5.41, 5.74) is 1.51. The lowest BCUT2D eigenvalue weighted by atomic mass is 9.86. The van der Waals surface area contributed by atoms with Gasteiger partial charge in [-0.05, 0) is 43.0 Å². The van der Waals surface area contributed by atoms with E-state index in [0.29, 0.717) is 11.5 Å². The third-order valence-electron chi connectivity index (χ3n) is 5.64. The van der Waals surface area contributed by atoms with Gasteiger partial charge < -0.3 is 10.6 Å². The summed E-state index contributed by atoms with van der Waals surface area (Å²) in [4.78, 5) is 17.0. The number of carbonyl (C=O) groups excluding carboxylic acids is 1. The Kier molecular flexibility index (Phi) is 5.20. The third kappa shape index (κ3) is 4.32. The summed E-state index contributed by atoms with van der Waals surface area (Å²) in [6.07, 6.45) is 4.67. The molecule has 1 saturated heterocycles. The number of nitrogens with zero attached hydrogens (tertiary/aromatic N) is 1. The Morgan fingerprint density at radius 1 is 1.15 bits per heavy atom. The van der Waals surface area contributed by atoms with Gasteiger partial charge in [-0.1, -0.05) is 31.5 Å². The van der Waals surface area contributed by atoms with E-state index in [2.05, 4.69) is 22.5 Å². The number of aliphatic imine (C=N–C) groups is 1. The molecular weight excluding hydrogens is 382 g/mol.